The molecule has 2 saturated carbocycles. The number of hydrogen-bond donors (Lipinski definition) is 2. The number of carbonyl (C=O) groups is 1. The Morgan fingerprint density at radius 3 is 2.50 bits per heavy atom. The monoisotopic (exact) mass is 385 g/mol. The van der Waals surface area contributed by atoms with E-state index < -0.39 is 11.1 Å². The molecule has 2 N–H and O–H groups in total. The SMILES string of the molecule is CCO[C@H]1C[C@H](N(C)C(=O)c2ccc3[nH]c(=O)c(=O)[nH]c3c2)C12CCCCC2. The van der Waals surface area contributed by atoms with E-state index >= 15 is 0 Å². The zero-order chi connectivity index (χ0) is 19.9. The fourth-order valence-corrected chi connectivity index (χ4v) is 5.16. The van der Waals surface area contributed by atoms with Gasteiger partial charge in [-0.3, -0.25) is 14.4 Å². The molecule has 2 atom stereocenters. The van der Waals surface area contributed by atoms with Gasteiger partial charge < -0.3 is 19.6 Å². The number of aromatic amines is 2. The molecule has 1 heterocycles. The van der Waals surface area contributed by atoms with Crippen LogP contribution in [0.2, 0.25) is 0 Å². The topological polar surface area (TPSA) is 95.3 Å². The van der Waals surface area contributed by atoms with Gasteiger partial charge in [0.15, 0.2) is 0 Å². The van der Waals surface area contributed by atoms with Crippen molar-refractivity contribution in [2.24, 2.45) is 5.41 Å². The lowest BCUT2D eigenvalue weighted by atomic mass is 9.54. The molecule has 0 bridgehead atoms. The van der Waals surface area contributed by atoms with E-state index in [1.165, 1.54) is 19.3 Å². The Balaban J connectivity index is 1.61. The highest BCUT2D eigenvalue weighted by molar-refractivity contribution is 5.97. The Bertz CT molecular complexity index is 1000. The minimum absolute atomic E-state index is 0.0646. The van der Waals surface area contributed by atoms with Crippen molar-refractivity contribution in [3.8, 4) is 0 Å². The van der Waals surface area contributed by atoms with Crippen molar-refractivity contribution in [2.45, 2.75) is 57.6 Å². The van der Waals surface area contributed by atoms with Crippen LogP contribution in [0, 0.1) is 5.41 Å². The lowest BCUT2D eigenvalue weighted by molar-refractivity contribution is -0.170. The summed E-state index contributed by atoms with van der Waals surface area (Å²) in [5.41, 5.74) is 0.118. The summed E-state index contributed by atoms with van der Waals surface area (Å²) in [7, 11) is 1.87. The van der Waals surface area contributed by atoms with Gasteiger partial charge in [0.25, 0.3) is 5.91 Å². The summed E-state index contributed by atoms with van der Waals surface area (Å²) >= 11 is 0. The van der Waals surface area contributed by atoms with Crippen molar-refractivity contribution in [1.82, 2.24) is 14.9 Å². The molecule has 0 radical (unpaired) electrons. The van der Waals surface area contributed by atoms with Crippen LogP contribution in [0.3, 0.4) is 0 Å². The summed E-state index contributed by atoms with van der Waals surface area (Å²) < 4.78 is 6.01. The van der Waals surface area contributed by atoms with E-state index in [4.69, 9.17) is 4.74 Å². The molecule has 2 aliphatic carbocycles. The summed E-state index contributed by atoms with van der Waals surface area (Å²) in [6.45, 7) is 2.73. The maximum atomic E-state index is 13.2. The van der Waals surface area contributed by atoms with E-state index in [-0.39, 0.29) is 23.5 Å². The van der Waals surface area contributed by atoms with Crippen LogP contribution >= 0.6 is 0 Å². The average Bonchev–Trinajstić information content (AvgIpc) is 2.71. The smallest absolute Gasteiger partial charge is 0.314 e. The second-order valence-electron chi connectivity index (χ2n) is 8.07. The maximum absolute atomic E-state index is 13.2. The Hall–Kier alpha value is -2.41. The zero-order valence-corrected chi connectivity index (χ0v) is 16.4. The van der Waals surface area contributed by atoms with Gasteiger partial charge in [-0.05, 0) is 44.4 Å². The molecule has 0 unspecified atom stereocenters. The molecule has 1 aromatic carbocycles. The van der Waals surface area contributed by atoms with Crippen molar-refractivity contribution < 1.29 is 9.53 Å². The van der Waals surface area contributed by atoms with E-state index in [9.17, 15) is 14.4 Å². The first-order valence-electron chi connectivity index (χ1n) is 10.1. The molecule has 150 valence electrons. The lowest BCUT2D eigenvalue weighted by Gasteiger charge is -2.60. The van der Waals surface area contributed by atoms with Gasteiger partial charge in [0, 0.05) is 30.7 Å². The van der Waals surface area contributed by atoms with Crippen LogP contribution in [0.15, 0.2) is 27.8 Å². The van der Waals surface area contributed by atoms with Gasteiger partial charge in [-0.25, -0.2) is 0 Å². The number of hydrogen-bond acceptors (Lipinski definition) is 4. The second kappa shape index (κ2) is 7.20. The minimum atomic E-state index is -0.717. The number of fused-ring (bicyclic) bond motifs is 1. The fraction of sp³-hybridized carbons (Fsp3) is 0.571. The first-order chi connectivity index (χ1) is 13.5. The number of nitrogens with zero attached hydrogens (tertiary/aromatic N) is 1. The number of rotatable bonds is 4. The Morgan fingerprint density at radius 1 is 1.14 bits per heavy atom. The number of ether oxygens (including phenoxy) is 1. The Morgan fingerprint density at radius 2 is 1.82 bits per heavy atom. The quantitative estimate of drug-likeness (QED) is 0.790. The van der Waals surface area contributed by atoms with Crippen molar-refractivity contribution in [2.75, 3.05) is 13.7 Å². The van der Waals surface area contributed by atoms with Crippen LogP contribution in [0.5, 0.6) is 0 Å². The minimum Gasteiger partial charge on any atom is -0.378 e. The number of amides is 1. The van der Waals surface area contributed by atoms with Crippen molar-refractivity contribution >= 4 is 16.9 Å². The van der Waals surface area contributed by atoms with Crippen LogP contribution in [-0.4, -0.2) is 46.6 Å². The molecule has 1 amide bonds. The van der Waals surface area contributed by atoms with Gasteiger partial charge in [-0.1, -0.05) is 19.3 Å². The van der Waals surface area contributed by atoms with E-state index in [1.54, 1.807) is 18.2 Å². The molecule has 0 aliphatic heterocycles. The van der Waals surface area contributed by atoms with E-state index in [0.717, 1.165) is 19.3 Å². The maximum Gasteiger partial charge on any atom is 0.314 e. The summed E-state index contributed by atoms with van der Waals surface area (Å²) in [5.74, 6) is -0.0705. The molecule has 2 aliphatic rings. The summed E-state index contributed by atoms with van der Waals surface area (Å²) in [4.78, 5) is 43.2. The van der Waals surface area contributed by atoms with Gasteiger partial charge in [0.1, 0.15) is 0 Å². The summed E-state index contributed by atoms with van der Waals surface area (Å²) in [6, 6.07) is 5.16. The number of carbonyl (C=O) groups excluding carboxylic acids is 1. The summed E-state index contributed by atoms with van der Waals surface area (Å²) in [5, 5.41) is 0. The normalized spacial score (nSPS) is 23.5. The first-order valence-corrected chi connectivity index (χ1v) is 10.1. The predicted octanol–water partition coefficient (Wildman–Crippen LogP) is 2.42. The van der Waals surface area contributed by atoms with Crippen molar-refractivity contribution in [1.29, 1.82) is 0 Å². The van der Waals surface area contributed by atoms with Crippen LogP contribution in [0.25, 0.3) is 11.0 Å². The number of nitrogens with one attached hydrogen (secondary N) is 2. The van der Waals surface area contributed by atoms with Crippen molar-refractivity contribution in [3.05, 3.63) is 44.5 Å². The predicted molar refractivity (Wildman–Crippen MR) is 107 cm³/mol. The Labute approximate surface area is 163 Å². The molecule has 1 aromatic heterocycles. The molecule has 4 rings (SSSR count). The third-order valence-corrected chi connectivity index (χ3v) is 6.65. The summed E-state index contributed by atoms with van der Waals surface area (Å²) in [6.07, 6.45) is 6.93. The molecule has 0 saturated heterocycles. The van der Waals surface area contributed by atoms with Gasteiger partial charge >= 0.3 is 11.1 Å². The van der Waals surface area contributed by atoms with Gasteiger partial charge in [-0.15, -0.1) is 0 Å². The molecule has 1 spiro atoms. The molecule has 7 heteroatoms. The van der Waals surface area contributed by atoms with Crippen LogP contribution in [-0.2, 0) is 4.74 Å². The number of H-pyrrole nitrogens is 2. The van der Waals surface area contributed by atoms with Crippen LogP contribution < -0.4 is 11.1 Å². The molecule has 2 aromatic rings. The van der Waals surface area contributed by atoms with Crippen LogP contribution in [0.1, 0.15) is 55.8 Å². The first kappa shape index (κ1) is 18.9. The molecule has 7 nitrogen and oxygen atoms in total. The van der Waals surface area contributed by atoms with E-state index in [0.29, 0.717) is 23.2 Å². The average molecular weight is 385 g/mol. The van der Waals surface area contributed by atoms with Gasteiger partial charge in [0.05, 0.1) is 17.1 Å². The molecular weight excluding hydrogens is 358 g/mol. The van der Waals surface area contributed by atoms with Gasteiger partial charge in [0.2, 0.25) is 0 Å². The highest BCUT2D eigenvalue weighted by Crippen LogP contribution is 2.55. The molecule has 28 heavy (non-hydrogen) atoms. The fourth-order valence-electron chi connectivity index (χ4n) is 5.16. The van der Waals surface area contributed by atoms with Crippen molar-refractivity contribution in [3.63, 3.8) is 0 Å². The lowest BCUT2D eigenvalue weighted by Crippen LogP contribution is -2.65. The molecular formula is C21H27N3O4. The van der Waals surface area contributed by atoms with Crippen LogP contribution in [0.4, 0.5) is 0 Å². The Kier molecular flexibility index (Phi) is 4.87. The van der Waals surface area contributed by atoms with Gasteiger partial charge in [-0.2, -0.15) is 0 Å². The highest BCUT2D eigenvalue weighted by atomic mass is 16.5. The standard InChI is InChI=1S/C21H27N3O4/c1-3-28-17-12-16(21(17)9-5-4-6-10-21)24(2)20(27)13-7-8-14-15(11-13)23-19(26)18(25)22-14/h7-8,11,16-17H,3-6,9-10,12H2,1-2H3,(H,22,25)(H,23,26)/t16-,17-/m0/s1. The highest BCUT2D eigenvalue weighted by Gasteiger charge is 2.57. The third-order valence-electron chi connectivity index (χ3n) is 6.65. The number of benzene rings is 1. The zero-order valence-electron chi connectivity index (χ0n) is 16.4. The van der Waals surface area contributed by atoms with E-state index in [1.807, 2.05) is 18.9 Å². The third kappa shape index (κ3) is 2.98. The molecule has 2 fully saturated rings. The number of aromatic nitrogens is 2. The largest absolute Gasteiger partial charge is 0.378 e. The second-order valence-corrected chi connectivity index (χ2v) is 8.07. The van der Waals surface area contributed by atoms with E-state index in [2.05, 4.69) is 9.97 Å².